The Morgan fingerprint density at radius 2 is 1.73 bits per heavy atom. The normalized spacial score (nSPS) is 18.7. The minimum absolute atomic E-state index is 0.107. The summed E-state index contributed by atoms with van der Waals surface area (Å²) >= 11 is 1.50. The summed E-state index contributed by atoms with van der Waals surface area (Å²) in [6.45, 7) is 1.52. The van der Waals surface area contributed by atoms with E-state index in [4.69, 9.17) is 4.74 Å². The number of imide groups is 1. The first kappa shape index (κ1) is 22.3. The lowest BCUT2D eigenvalue weighted by atomic mass is 9.95. The molecule has 0 saturated heterocycles. The number of amides is 3. The molecule has 0 bridgehead atoms. The maximum atomic E-state index is 12.9. The molecule has 1 fully saturated rings. The van der Waals surface area contributed by atoms with Crippen LogP contribution in [-0.2, 0) is 14.3 Å². The van der Waals surface area contributed by atoms with E-state index in [1.54, 1.807) is 24.3 Å². The quantitative estimate of drug-likeness (QED) is 0.502. The number of esters is 1. The van der Waals surface area contributed by atoms with E-state index >= 15 is 0 Å². The van der Waals surface area contributed by atoms with Crippen LogP contribution in [0.3, 0.4) is 0 Å². The minimum atomic E-state index is -1.06. The van der Waals surface area contributed by atoms with Gasteiger partial charge >= 0.3 is 5.97 Å². The third-order valence-electron chi connectivity index (χ3n) is 5.62. The Hall–Kier alpha value is -2.35. The van der Waals surface area contributed by atoms with Crippen LogP contribution in [0.4, 0.5) is 0 Å². The van der Waals surface area contributed by atoms with Gasteiger partial charge in [0, 0.05) is 6.04 Å². The molecule has 1 aromatic carbocycles. The Kier molecular flexibility index (Phi) is 7.53. The molecule has 1 heterocycles. The van der Waals surface area contributed by atoms with Gasteiger partial charge < -0.3 is 10.1 Å². The zero-order valence-corrected chi connectivity index (χ0v) is 18.2. The highest BCUT2D eigenvalue weighted by Crippen LogP contribution is 2.27. The van der Waals surface area contributed by atoms with Gasteiger partial charge in [-0.2, -0.15) is 11.8 Å². The molecule has 8 heteroatoms. The van der Waals surface area contributed by atoms with Crippen molar-refractivity contribution in [2.75, 3.05) is 12.0 Å². The summed E-state index contributed by atoms with van der Waals surface area (Å²) in [6, 6.07) is 5.56. The molecule has 2 aliphatic rings. The highest BCUT2D eigenvalue weighted by atomic mass is 32.2. The van der Waals surface area contributed by atoms with Crippen molar-refractivity contribution in [1.29, 1.82) is 0 Å². The molecule has 0 spiro atoms. The van der Waals surface area contributed by atoms with Crippen LogP contribution < -0.4 is 5.32 Å². The number of thioether (sulfide) groups is 1. The predicted octanol–water partition coefficient (Wildman–Crippen LogP) is 2.78. The van der Waals surface area contributed by atoms with Crippen LogP contribution in [0.15, 0.2) is 24.3 Å². The number of benzene rings is 1. The number of hydrogen-bond donors (Lipinski definition) is 1. The summed E-state index contributed by atoms with van der Waals surface area (Å²) in [5, 5.41) is 2.94. The van der Waals surface area contributed by atoms with Crippen molar-refractivity contribution in [1.82, 2.24) is 10.2 Å². The zero-order chi connectivity index (χ0) is 21.7. The van der Waals surface area contributed by atoms with E-state index in [-0.39, 0.29) is 29.5 Å². The first-order chi connectivity index (χ1) is 14.4. The van der Waals surface area contributed by atoms with Crippen LogP contribution in [0.5, 0.6) is 0 Å². The first-order valence-corrected chi connectivity index (χ1v) is 11.8. The molecule has 3 amide bonds. The fourth-order valence-corrected chi connectivity index (χ4v) is 4.40. The summed E-state index contributed by atoms with van der Waals surface area (Å²) in [5.74, 6) is -1.52. The van der Waals surface area contributed by atoms with E-state index in [1.807, 2.05) is 6.26 Å². The maximum Gasteiger partial charge on any atom is 0.330 e. The number of fused-ring (bicyclic) bond motifs is 1. The van der Waals surface area contributed by atoms with Crippen LogP contribution in [0.25, 0.3) is 0 Å². The highest BCUT2D eigenvalue weighted by Gasteiger charge is 2.43. The van der Waals surface area contributed by atoms with Gasteiger partial charge in [-0.25, -0.2) is 4.79 Å². The number of hydrogen-bond acceptors (Lipinski definition) is 6. The lowest BCUT2D eigenvalue weighted by molar-refractivity contribution is -0.158. The second kappa shape index (κ2) is 10.1. The summed E-state index contributed by atoms with van der Waals surface area (Å²) in [4.78, 5) is 52.0. The van der Waals surface area contributed by atoms with E-state index in [9.17, 15) is 19.2 Å². The molecule has 0 radical (unpaired) electrons. The number of ether oxygens (including phenoxy) is 1. The average Bonchev–Trinajstić information content (AvgIpc) is 3.00. The Bertz CT molecular complexity index is 787. The summed E-state index contributed by atoms with van der Waals surface area (Å²) in [7, 11) is 0. The van der Waals surface area contributed by atoms with E-state index in [1.165, 1.54) is 25.1 Å². The Morgan fingerprint density at radius 1 is 1.13 bits per heavy atom. The van der Waals surface area contributed by atoms with Gasteiger partial charge in [0.25, 0.3) is 17.7 Å². The van der Waals surface area contributed by atoms with Crippen molar-refractivity contribution < 1.29 is 23.9 Å². The third-order valence-corrected chi connectivity index (χ3v) is 6.26. The van der Waals surface area contributed by atoms with E-state index in [2.05, 4.69) is 5.32 Å². The number of nitrogens with zero attached hydrogens (tertiary/aromatic N) is 1. The van der Waals surface area contributed by atoms with Gasteiger partial charge in [0.2, 0.25) is 0 Å². The maximum absolute atomic E-state index is 12.9. The van der Waals surface area contributed by atoms with Gasteiger partial charge in [0.1, 0.15) is 6.04 Å². The van der Waals surface area contributed by atoms with Crippen LogP contribution >= 0.6 is 11.8 Å². The molecule has 1 aliphatic heterocycles. The zero-order valence-electron chi connectivity index (χ0n) is 17.4. The standard InChI is InChI=1S/C22H28N2O5S/c1-14(19(25)23-15-8-4-3-5-9-15)29-22(28)18(12-13-30-2)24-20(26)16-10-6-7-11-17(16)21(24)27/h6-7,10-11,14-15,18H,3-5,8-9,12-13H2,1-2H3,(H,23,25)/t14-,18+/m0/s1. The topological polar surface area (TPSA) is 92.8 Å². The fraction of sp³-hybridized carbons (Fsp3) is 0.545. The number of nitrogens with one attached hydrogen (secondary N) is 1. The lowest BCUT2D eigenvalue weighted by Gasteiger charge is -2.27. The molecule has 0 unspecified atom stereocenters. The number of carbonyl (C=O) groups is 4. The van der Waals surface area contributed by atoms with Gasteiger partial charge in [0.05, 0.1) is 11.1 Å². The molecule has 0 aromatic heterocycles. The second-order valence-electron chi connectivity index (χ2n) is 7.75. The van der Waals surface area contributed by atoms with Gasteiger partial charge in [0.15, 0.2) is 6.10 Å². The monoisotopic (exact) mass is 432 g/mol. The minimum Gasteiger partial charge on any atom is -0.451 e. The van der Waals surface area contributed by atoms with Crippen molar-refractivity contribution in [3.05, 3.63) is 35.4 Å². The molecular weight excluding hydrogens is 404 g/mol. The molecule has 30 heavy (non-hydrogen) atoms. The van der Waals surface area contributed by atoms with E-state index in [0.717, 1.165) is 30.6 Å². The van der Waals surface area contributed by atoms with Gasteiger partial charge in [-0.05, 0) is 50.3 Å². The Morgan fingerprint density at radius 3 is 2.30 bits per heavy atom. The largest absolute Gasteiger partial charge is 0.451 e. The van der Waals surface area contributed by atoms with Crippen molar-refractivity contribution >= 4 is 35.5 Å². The Labute approximate surface area is 180 Å². The lowest BCUT2D eigenvalue weighted by Crippen LogP contribution is -2.49. The van der Waals surface area contributed by atoms with Crippen LogP contribution in [0.2, 0.25) is 0 Å². The summed E-state index contributed by atoms with van der Waals surface area (Å²) in [5.41, 5.74) is 0.570. The molecule has 7 nitrogen and oxygen atoms in total. The van der Waals surface area contributed by atoms with Crippen molar-refractivity contribution in [2.45, 2.75) is 63.6 Å². The molecule has 1 saturated carbocycles. The number of carbonyl (C=O) groups excluding carboxylic acids is 4. The molecule has 1 aromatic rings. The van der Waals surface area contributed by atoms with Gasteiger partial charge in [-0.1, -0.05) is 31.4 Å². The highest BCUT2D eigenvalue weighted by molar-refractivity contribution is 7.98. The third kappa shape index (κ3) is 4.86. The first-order valence-electron chi connectivity index (χ1n) is 10.4. The van der Waals surface area contributed by atoms with Gasteiger partial charge in [-0.3, -0.25) is 19.3 Å². The van der Waals surface area contributed by atoms with Crippen molar-refractivity contribution in [2.24, 2.45) is 0 Å². The summed E-state index contributed by atoms with van der Waals surface area (Å²) in [6.07, 6.45) is 6.34. The second-order valence-corrected chi connectivity index (χ2v) is 8.73. The van der Waals surface area contributed by atoms with Crippen molar-refractivity contribution in [3.8, 4) is 0 Å². The van der Waals surface area contributed by atoms with Crippen LogP contribution in [0.1, 0.15) is 66.2 Å². The SMILES string of the molecule is CSCC[C@H](C(=O)O[C@@H](C)C(=O)NC1CCCCC1)N1C(=O)c2ccccc2C1=O. The molecule has 3 rings (SSSR count). The van der Waals surface area contributed by atoms with E-state index in [0.29, 0.717) is 5.75 Å². The van der Waals surface area contributed by atoms with E-state index < -0.39 is 29.9 Å². The summed E-state index contributed by atoms with van der Waals surface area (Å²) < 4.78 is 5.41. The van der Waals surface area contributed by atoms with Crippen LogP contribution in [0, 0.1) is 0 Å². The molecule has 2 atom stereocenters. The molecule has 162 valence electrons. The molecule has 1 N–H and O–H groups in total. The van der Waals surface area contributed by atoms with Crippen molar-refractivity contribution in [3.63, 3.8) is 0 Å². The number of rotatable bonds is 8. The predicted molar refractivity (Wildman–Crippen MR) is 114 cm³/mol. The molecular formula is C22H28N2O5S. The van der Waals surface area contributed by atoms with Crippen LogP contribution in [-0.4, -0.2) is 58.8 Å². The molecule has 1 aliphatic carbocycles. The smallest absolute Gasteiger partial charge is 0.330 e. The average molecular weight is 433 g/mol. The Balaban J connectivity index is 1.69. The fourth-order valence-electron chi connectivity index (χ4n) is 3.94. The van der Waals surface area contributed by atoms with Gasteiger partial charge in [-0.15, -0.1) is 0 Å².